The smallest absolute Gasteiger partial charge is 0.416 e. The first-order valence-electron chi connectivity index (χ1n) is 12.5. The Hall–Kier alpha value is -3.92. The molecule has 1 amide bonds. The number of anilines is 1. The lowest BCUT2D eigenvalue weighted by molar-refractivity contribution is 0.0923. The molecule has 0 bridgehead atoms. The van der Waals surface area contributed by atoms with Crippen LogP contribution >= 0.6 is 12.2 Å². The van der Waals surface area contributed by atoms with Crippen LogP contribution in [0.15, 0.2) is 60.9 Å². The maximum Gasteiger partial charge on any atom is 0.416 e. The lowest BCUT2D eigenvalue weighted by Crippen LogP contribution is -2.43. The van der Waals surface area contributed by atoms with Crippen molar-refractivity contribution in [2.24, 2.45) is 0 Å². The Balaban J connectivity index is 1.20. The van der Waals surface area contributed by atoms with Crippen molar-refractivity contribution in [3.05, 3.63) is 66.5 Å². The maximum absolute atomic E-state index is 12.6. The molecule has 2 aromatic heterocycles. The molecule has 38 heavy (non-hydrogen) atoms. The summed E-state index contributed by atoms with van der Waals surface area (Å²) in [5.41, 5.74) is 1.63. The van der Waals surface area contributed by atoms with Crippen LogP contribution in [-0.4, -0.2) is 50.8 Å². The number of thiocarbonyl (C=S) groups is 1. The zero-order valence-electron chi connectivity index (χ0n) is 22.1. The molecule has 0 aliphatic carbocycles. The predicted octanol–water partition coefficient (Wildman–Crippen LogP) is 5.70. The van der Waals surface area contributed by atoms with Gasteiger partial charge in [0.15, 0.2) is 5.11 Å². The van der Waals surface area contributed by atoms with Crippen LogP contribution in [0.3, 0.4) is 0 Å². The molecule has 0 radical (unpaired) electrons. The third-order valence-electron chi connectivity index (χ3n) is 5.61. The van der Waals surface area contributed by atoms with E-state index in [1.165, 1.54) is 0 Å². The number of nitrogens with one attached hydrogen (secondary N) is 2. The van der Waals surface area contributed by atoms with E-state index in [4.69, 9.17) is 26.4 Å². The van der Waals surface area contributed by atoms with Gasteiger partial charge in [0.25, 0.3) is 0 Å². The number of nitrogens with zero attached hydrogens (tertiary/aromatic N) is 3. The summed E-state index contributed by atoms with van der Waals surface area (Å²) in [6.45, 7) is 9.13. The largest absolute Gasteiger partial charge is 0.490 e. The molecule has 3 heterocycles. The summed E-state index contributed by atoms with van der Waals surface area (Å²) in [4.78, 5) is 22.7. The minimum absolute atomic E-state index is 0.0126. The SMILES string of the molecule is Cc1ccc(Oc2ccc(OC3CCN(C(=O)Oc4ccc(NC(=S)NC(C)(C)C)cn4)CC3)cc2)nc1. The van der Waals surface area contributed by atoms with Crippen molar-refractivity contribution >= 4 is 29.1 Å². The van der Waals surface area contributed by atoms with E-state index in [9.17, 15) is 4.79 Å². The van der Waals surface area contributed by atoms with Gasteiger partial charge in [0.2, 0.25) is 11.8 Å². The second-order valence-electron chi connectivity index (χ2n) is 10.1. The Morgan fingerprint density at radius 3 is 2.21 bits per heavy atom. The van der Waals surface area contributed by atoms with Crippen molar-refractivity contribution in [1.82, 2.24) is 20.2 Å². The van der Waals surface area contributed by atoms with Crippen LogP contribution in [0, 0.1) is 6.92 Å². The monoisotopic (exact) mass is 535 g/mol. The summed E-state index contributed by atoms with van der Waals surface area (Å²) in [5, 5.41) is 6.74. The molecule has 3 aromatic rings. The standard InChI is InChI=1S/C28H33N5O4S/c1-19-5-11-24(29-17-19)36-22-9-7-21(8-10-22)35-23-13-15-33(16-14-23)27(34)37-25-12-6-20(18-30-25)31-26(38)32-28(2,3)4/h5-12,17-18,23H,13-16H2,1-4H3,(H2,31,32,38). The lowest BCUT2D eigenvalue weighted by atomic mass is 10.1. The third kappa shape index (κ3) is 8.31. The molecule has 1 saturated heterocycles. The van der Waals surface area contributed by atoms with Gasteiger partial charge in [-0.2, -0.15) is 0 Å². The summed E-state index contributed by atoms with van der Waals surface area (Å²) in [7, 11) is 0. The number of hydrogen-bond acceptors (Lipinski definition) is 7. The summed E-state index contributed by atoms with van der Waals surface area (Å²) >= 11 is 5.30. The summed E-state index contributed by atoms with van der Waals surface area (Å²) in [6.07, 6.45) is 4.34. The van der Waals surface area contributed by atoms with Gasteiger partial charge in [0.05, 0.1) is 11.9 Å². The second kappa shape index (κ2) is 12.1. The highest BCUT2D eigenvalue weighted by atomic mass is 32.1. The number of piperidine rings is 1. The maximum atomic E-state index is 12.6. The van der Waals surface area contributed by atoms with Gasteiger partial charge in [0, 0.05) is 49.8 Å². The Labute approximate surface area is 228 Å². The van der Waals surface area contributed by atoms with E-state index in [0.717, 1.165) is 11.3 Å². The topological polar surface area (TPSA) is 97.8 Å². The van der Waals surface area contributed by atoms with Crippen LogP contribution in [0.25, 0.3) is 0 Å². The Morgan fingerprint density at radius 1 is 0.947 bits per heavy atom. The minimum Gasteiger partial charge on any atom is -0.490 e. The summed E-state index contributed by atoms with van der Waals surface area (Å²) < 4.78 is 17.3. The van der Waals surface area contributed by atoms with Crippen molar-refractivity contribution < 1.29 is 19.0 Å². The van der Waals surface area contributed by atoms with E-state index >= 15 is 0 Å². The van der Waals surface area contributed by atoms with Gasteiger partial charge in [0.1, 0.15) is 17.6 Å². The molecule has 0 saturated carbocycles. The van der Waals surface area contributed by atoms with Gasteiger partial charge >= 0.3 is 6.09 Å². The first-order chi connectivity index (χ1) is 18.1. The van der Waals surface area contributed by atoms with Crippen molar-refractivity contribution in [2.75, 3.05) is 18.4 Å². The van der Waals surface area contributed by atoms with Gasteiger partial charge in [-0.1, -0.05) is 6.07 Å². The Morgan fingerprint density at radius 2 is 1.61 bits per heavy atom. The third-order valence-corrected chi connectivity index (χ3v) is 5.81. The van der Waals surface area contributed by atoms with Gasteiger partial charge in [-0.05, 0) is 75.8 Å². The van der Waals surface area contributed by atoms with Crippen LogP contribution in [0.1, 0.15) is 39.2 Å². The van der Waals surface area contributed by atoms with E-state index in [1.807, 2.05) is 64.1 Å². The van der Waals surface area contributed by atoms with Crippen LogP contribution in [0.2, 0.25) is 0 Å². The molecule has 1 aromatic carbocycles. The normalized spacial score (nSPS) is 13.9. The van der Waals surface area contributed by atoms with Crippen LogP contribution in [-0.2, 0) is 0 Å². The molecule has 1 fully saturated rings. The molecule has 2 N–H and O–H groups in total. The average molecular weight is 536 g/mol. The zero-order chi connectivity index (χ0) is 27.1. The van der Waals surface area contributed by atoms with Crippen LogP contribution < -0.4 is 24.8 Å². The highest BCUT2D eigenvalue weighted by Crippen LogP contribution is 2.25. The number of ether oxygens (including phenoxy) is 3. The van der Waals surface area contributed by atoms with E-state index in [1.54, 1.807) is 29.4 Å². The number of hydrogen-bond donors (Lipinski definition) is 2. The fourth-order valence-corrected chi connectivity index (χ4v) is 4.17. The van der Waals surface area contributed by atoms with Crippen molar-refractivity contribution in [3.63, 3.8) is 0 Å². The average Bonchev–Trinajstić information content (AvgIpc) is 2.87. The van der Waals surface area contributed by atoms with Gasteiger partial charge < -0.3 is 29.7 Å². The molecule has 10 heteroatoms. The fourth-order valence-electron chi connectivity index (χ4n) is 3.74. The Bertz CT molecular complexity index is 1220. The molecule has 1 aliphatic rings. The summed E-state index contributed by atoms with van der Waals surface area (Å²) in [5.74, 6) is 2.22. The molecule has 4 rings (SSSR count). The number of aryl methyl sites for hydroxylation is 1. The number of rotatable bonds is 6. The van der Waals surface area contributed by atoms with Gasteiger partial charge in [-0.15, -0.1) is 0 Å². The van der Waals surface area contributed by atoms with Gasteiger partial charge in [-0.25, -0.2) is 14.8 Å². The number of carbonyl (C=O) groups is 1. The number of benzene rings is 1. The van der Waals surface area contributed by atoms with E-state index in [-0.39, 0.29) is 17.5 Å². The highest BCUT2D eigenvalue weighted by molar-refractivity contribution is 7.80. The molecule has 200 valence electrons. The molecule has 0 atom stereocenters. The van der Waals surface area contributed by atoms with Gasteiger partial charge in [-0.3, -0.25) is 0 Å². The number of amides is 1. The molecule has 0 spiro atoms. The quantitative estimate of drug-likeness (QED) is 0.385. The minimum atomic E-state index is -0.423. The second-order valence-corrected chi connectivity index (χ2v) is 10.5. The van der Waals surface area contributed by atoms with E-state index in [2.05, 4.69) is 20.6 Å². The lowest BCUT2D eigenvalue weighted by Gasteiger charge is -2.31. The highest BCUT2D eigenvalue weighted by Gasteiger charge is 2.25. The number of carbonyl (C=O) groups excluding carboxylic acids is 1. The van der Waals surface area contributed by atoms with Crippen LogP contribution in [0.5, 0.6) is 23.3 Å². The Kier molecular flexibility index (Phi) is 8.62. The fraction of sp³-hybridized carbons (Fsp3) is 0.357. The van der Waals surface area contributed by atoms with Crippen molar-refractivity contribution in [3.8, 4) is 23.3 Å². The number of pyridine rings is 2. The predicted molar refractivity (Wildman–Crippen MR) is 150 cm³/mol. The number of likely N-dealkylation sites (tertiary alicyclic amines) is 1. The van der Waals surface area contributed by atoms with Crippen molar-refractivity contribution in [1.29, 1.82) is 0 Å². The zero-order valence-corrected chi connectivity index (χ0v) is 22.9. The molecule has 1 aliphatic heterocycles. The van der Waals surface area contributed by atoms with E-state index in [0.29, 0.717) is 48.4 Å². The molecular formula is C28H33N5O4S. The van der Waals surface area contributed by atoms with E-state index < -0.39 is 6.09 Å². The first kappa shape index (κ1) is 27.1. The van der Waals surface area contributed by atoms with Crippen LogP contribution in [0.4, 0.5) is 10.5 Å². The molecule has 9 nitrogen and oxygen atoms in total. The first-order valence-corrected chi connectivity index (χ1v) is 12.9. The summed E-state index contributed by atoms with van der Waals surface area (Å²) in [6, 6.07) is 14.6. The molecular weight excluding hydrogens is 502 g/mol. The number of aromatic nitrogens is 2. The van der Waals surface area contributed by atoms with Crippen molar-refractivity contribution in [2.45, 2.75) is 52.2 Å². The molecule has 0 unspecified atom stereocenters.